The normalized spacial score (nSPS) is 24.1. The fourth-order valence-corrected chi connectivity index (χ4v) is 5.73. The Morgan fingerprint density at radius 1 is 1.26 bits per heavy atom. The van der Waals surface area contributed by atoms with E-state index < -0.39 is 0 Å². The third kappa shape index (κ3) is 6.55. The molecule has 7 nitrogen and oxygen atoms in total. The minimum Gasteiger partial charge on any atom is -0.379 e. The van der Waals surface area contributed by atoms with Crippen molar-refractivity contribution in [3.05, 3.63) is 22.4 Å². The molecule has 3 aliphatic rings. The maximum atomic E-state index is 12.7. The van der Waals surface area contributed by atoms with Crippen LogP contribution in [0.4, 0.5) is 0 Å². The molecule has 2 saturated heterocycles. The maximum Gasteiger partial charge on any atom is 0.225 e. The Kier molecular flexibility index (Phi) is 9.86. The number of nitrogens with zero attached hydrogens (tertiary/aromatic N) is 3. The van der Waals surface area contributed by atoms with E-state index in [0.717, 1.165) is 71.2 Å². The molecule has 0 aromatic carbocycles. The second-order valence-electron chi connectivity index (χ2n) is 8.53. The molecule has 9 heteroatoms. The van der Waals surface area contributed by atoms with Crippen LogP contribution in [0.25, 0.3) is 0 Å². The Balaban J connectivity index is 0.00000272. The monoisotopic (exact) mass is 561 g/mol. The first kappa shape index (κ1) is 24.7. The largest absolute Gasteiger partial charge is 0.379 e. The van der Waals surface area contributed by atoms with Crippen molar-refractivity contribution < 1.29 is 9.53 Å². The van der Waals surface area contributed by atoms with Crippen LogP contribution in [0.5, 0.6) is 0 Å². The lowest BCUT2D eigenvalue weighted by atomic mass is 10.1. The summed E-state index contributed by atoms with van der Waals surface area (Å²) in [6.07, 6.45) is 5.54. The molecular formula is C22H36IN5O2S. The van der Waals surface area contributed by atoms with E-state index in [1.165, 1.54) is 17.7 Å². The fraction of sp³-hybridized carbons (Fsp3) is 0.727. The van der Waals surface area contributed by atoms with Crippen LogP contribution in [0.1, 0.15) is 43.0 Å². The van der Waals surface area contributed by atoms with Crippen molar-refractivity contribution in [1.29, 1.82) is 0 Å². The van der Waals surface area contributed by atoms with Crippen molar-refractivity contribution in [2.45, 2.75) is 44.2 Å². The number of halogens is 1. The van der Waals surface area contributed by atoms with Gasteiger partial charge in [0.1, 0.15) is 0 Å². The van der Waals surface area contributed by atoms with Gasteiger partial charge in [-0.15, -0.1) is 35.3 Å². The van der Waals surface area contributed by atoms with Crippen LogP contribution in [-0.4, -0.2) is 80.7 Å². The maximum absolute atomic E-state index is 12.7. The van der Waals surface area contributed by atoms with Gasteiger partial charge in [-0.25, -0.2) is 0 Å². The van der Waals surface area contributed by atoms with Crippen LogP contribution in [0, 0.1) is 5.92 Å². The number of thiophene rings is 1. The van der Waals surface area contributed by atoms with Crippen molar-refractivity contribution in [2.75, 3.05) is 53.0 Å². The van der Waals surface area contributed by atoms with Crippen LogP contribution < -0.4 is 10.6 Å². The zero-order valence-corrected chi connectivity index (χ0v) is 21.6. The van der Waals surface area contributed by atoms with Crippen LogP contribution >= 0.6 is 35.3 Å². The number of rotatable bonds is 6. The quantitative estimate of drug-likeness (QED) is 0.318. The second kappa shape index (κ2) is 12.4. The summed E-state index contributed by atoms with van der Waals surface area (Å²) >= 11 is 1.81. The summed E-state index contributed by atoms with van der Waals surface area (Å²) in [6, 6.07) is 4.92. The Morgan fingerprint density at radius 3 is 2.71 bits per heavy atom. The fourth-order valence-electron chi connectivity index (χ4n) is 4.87. The summed E-state index contributed by atoms with van der Waals surface area (Å²) in [5, 5.41) is 9.23. The van der Waals surface area contributed by atoms with E-state index >= 15 is 0 Å². The highest BCUT2D eigenvalue weighted by Crippen LogP contribution is 2.28. The predicted molar refractivity (Wildman–Crippen MR) is 136 cm³/mol. The van der Waals surface area contributed by atoms with Crippen LogP contribution in [0.2, 0.25) is 0 Å². The van der Waals surface area contributed by atoms with E-state index in [1.54, 1.807) is 11.3 Å². The highest BCUT2D eigenvalue weighted by atomic mass is 127. The minimum absolute atomic E-state index is 0. The van der Waals surface area contributed by atoms with Gasteiger partial charge < -0.3 is 20.3 Å². The van der Waals surface area contributed by atoms with Crippen molar-refractivity contribution in [1.82, 2.24) is 20.4 Å². The molecule has 4 rings (SSSR count). The summed E-state index contributed by atoms with van der Waals surface area (Å²) in [5.41, 5.74) is 0. The average Bonchev–Trinajstić information content (AvgIpc) is 3.56. The number of aliphatic imine (C=N–C) groups is 1. The van der Waals surface area contributed by atoms with E-state index in [2.05, 4.69) is 42.9 Å². The number of hydrogen-bond acceptors (Lipinski definition) is 5. The van der Waals surface area contributed by atoms with Gasteiger partial charge in [-0.1, -0.05) is 18.9 Å². The molecule has 2 atom stereocenters. The lowest BCUT2D eigenvalue weighted by molar-refractivity contribution is -0.134. The van der Waals surface area contributed by atoms with E-state index in [9.17, 15) is 4.79 Å². The topological polar surface area (TPSA) is 69.2 Å². The van der Waals surface area contributed by atoms with Gasteiger partial charge >= 0.3 is 0 Å². The van der Waals surface area contributed by atoms with Crippen LogP contribution in [0.3, 0.4) is 0 Å². The first-order valence-electron chi connectivity index (χ1n) is 11.4. The molecule has 1 saturated carbocycles. The van der Waals surface area contributed by atoms with Gasteiger partial charge in [0.15, 0.2) is 5.96 Å². The van der Waals surface area contributed by atoms with Crippen molar-refractivity contribution in [2.24, 2.45) is 10.9 Å². The van der Waals surface area contributed by atoms with E-state index in [-0.39, 0.29) is 35.9 Å². The Labute approximate surface area is 207 Å². The molecule has 3 fully saturated rings. The highest BCUT2D eigenvalue weighted by molar-refractivity contribution is 14.0. The van der Waals surface area contributed by atoms with Gasteiger partial charge in [0.2, 0.25) is 5.91 Å². The van der Waals surface area contributed by atoms with Gasteiger partial charge in [-0.2, -0.15) is 0 Å². The molecular weight excluding hydrogens is 525 g/mol. The number of carbonyl (C=O) groups is 1. The smallest absolute Gasteiger partial charge is 0.225 e. The number of hydrogen-bond donors (Lipinski definition) is 2. The van der Waals surface area contributed by atoms with Crippen molar-refractivity contribution >= 4 is 47.2 Å². The summed E-state index contributed by atoms with van der Waals surface area (Å²) < 4.78 is 5.54. The molecule has 1 aliphatic carbocycles. The molecule has 174 valence electrons. The molecule has 1 aromatic heterocycles. The summed E-state index contributed by atoms with van der Waals surface area (Å²) in [4.78, 5) is 23.1. The number of likely N-dealkylation sites (tertiary alicyclic amines) is 1. The number of nitrogens with one attached hydrogen (secondary N) is 2. The van der Waals surface area contributed by atoms with Crippen LogP contribution in [0.15, 0.2) is 22.5 Å². The molecule has 0 radical (unpaired) electrons. The van der Waals surface area contributed by atoms with E-state index in [0.29, 0.717) is 11.9 Å². The van der Waals surface area contributed by atoms with Gasteiger partial charge in [-0.3, -0.25) is 14.7 Å². The molecule has 3 heterocycles. The molecule has 0 spiro atoms. The third-order valence-electron chi connectivity index (χ3n) is 6.59. The van der Waals surface area contributed by atoms with Gasteiger partial charge in [0.25, 0.3) is 0 Å². The first-order chi connectivity index (χ1) is 14.7. The molecule has 31 heavy (non-hydrogen) atoms. The minimum atomic E-state index is 0. The molecule has 1 aromatic rings. The Morgan fingerprint density at radius 2 is 2.03 bits per heavy atom. The third-order valence-corrected chi connectivity index (χ3v) is 7.56. The number of amides is 1. The second-order valence-corrected chi connectivity index (χ2v) is 9.51. The van der Waals surface area contributed by atoms with E-state index in [1.807, 2.05) is 7.05 Å². The molecule has 2 unspecified atom stereocenters. The van der Waals surface area contributed by atoms with Crippen molar-refractivity contribution in [3.63, 3.8) is 0 Å². The number of morpholine rings is 1. The van der Waals surface area contributed by atoms with Gasteiger partial charge in [0.05, 0.1) is 19.3 Å². The zero-order valence-electron chi connectivity index (χ0n) is 18.4. The van der Waals surface area contributed by atoms with E-state index in [4.69, 9.17) is 4.74 Å². The number of guanidine groups is 1. The summed E-state index contributed by atoms with van der Waals surface area (Å²) in [6.45, 7) is 5.94. The Bertz CT molecular complexity index is 705. The summed E-state index contributed by atoms with van der Waals surface area (Å²) in [5.74, 6) is 1.45. The molecule has 0 bridgehead atoms. The zero-order chi connectivity index (χ0) is 20.8. The Hall–Kier alpha value is -0.910. The first-order valence-corrected chi connectivity index (χ1v) is 12.2. The standard InChI is InChI=1S/C22H35N5O2S.HI/c1-23-22(25-18-8-9-27(16-18)21(28)17-5-2-3-6-17)24-15-19(20-7-4-14-30-20)26-10-12-29-13-11-26;/h4,7,14,17-19H,2-3,5-6,8-13,15-16H2,1H3,(H2,23,24,25);1H. The average molecular weight is 562 g/mol. The lowest BCUT2D eigenvalue weighted by Gasteiger charge is -2.34. The van der Waals surface area contributed by atoms with Gasteiger partial charge in [-0.05, 0) is 30.7 Å². The predicted octanol–water partition coefficient (Wildman–Crippen LogP) is 2.70. The van der Waals surface area contributed by atoms with Gasteiger partial charge in [0, 0.05) is 56.6 Å². The molecule has 2 aliphatic heterocycles. The highest BCUT2D eigenvalue weighted by Gasteiger charge is 2.32. The SMILES string of the molecule is CN=C(NCC(c1cccs1)N1CCOCC1)NC1CCN(C(=O)C2CCCC2)C1.I. The number of ether oxygens (including phenoxy) is 1. The number of carbonyl (C=O) groups excluding carboxylic acids is 1. The summed E-state index contributed by atoms with van der Waals surface area (Å²) in [7, 11) is 1.82. The molecule has 1 amide bonds. The lowest BCUT2D eigenvalue weighted by Crippen LogP contribution is -2.49. The van der Waals surface area contributed by atoms with Crippen LogP contribution in [-0.2, 0) is 9.53 Å². The van der Waals surface area contributed by atoms with Crippen molar-refractivity contribution in [3.8, 4) is 0 Å². The molecule has 2 N–H and O–H groups in total.